The van der Waals surface area contributed by atoms with E-state index in [2.05, 4.69) is 11.8 Å². The van der Waals surface area contributed by atoms with E-state index in [9.17, 15) is 19.7 Å². The van der Waals surface area contributed by atoms with E-state index in [1.807, 2.05) is 11.0 Å². The van der Waals surface area contributed by atoms with Gasteiger partial charge in [-0.3, -0.25) is 9.69 Å². The molecular formula is C26H32N2O8. The lowest BCUT2D eigenvalue weighted by Gasteiger charge is -2.27. The Kier molecular flexibility index (Phi) is 10.7. The molecule has 1 fully saturated rings. The van der Waals surface area contributed by atoms with Gasteiger partial charge in [0.2, 0.25) is 0 Å². The Morgan fingerprint density at radius 3 is 2.53 bits per heavy atom. The SMILES string of the molecule is CCCCC(OC(=O)CN1CCOCC1)c1ccccc1C(=O)Oc1ccc(CCO[N+](=O)[O-])cc1. The summed E-state index contributed by atoms with van der Waals surface area (Å²) >= 11 is 0. The summed E-state index contributed by atoms with van der Waals surface area (Å²) in [6.07, 6.45) is 2.14. The van der Waals surface area contributed by atoms with Gasteiger partial charge in [-0.1, -0.05) is 43.7 Å². The quantitative estimate of drug-likeness (QED) is 0.175. The molecule has 10 heteroatoms. The van der Waals surface area contributed by atoms with Crippen LogP contribution in [0.5, 0.6) is 5.75 Å². The lowest BCUT2D eigenvalue weighted by Crippen LogP contribution is -2.40. The first-order chi connectivity index (χ1) is 17.5. The number of carbonyl (C=O) groups excluding carboxylic acids is 2. The highest BCUT2D eigenvalue weighted by Crippen LogP contribution is 2.28. The van der Waals surface area contributed by atoms with E-state index in [1.165, 1.54) is 0 Å². The maximum absolute atomic E-state index is 13.1. The van der Waals surface area contributed by atoms with E-state index in [4.69, 9.17) is 14.2 Å². The molecule has 0 aromatic heterocycles. The largest absolute Gasteiger partial charge is 0.457 e. The summed E-state index contributed by atoms with van der Waals surface area (Å²) in [7, 11) is 0. The van der Waals surface area contributed by atoms with Gasteiger partial charge in [-0.05, 0) is 43.0 Å². The van der Waals surface area contributed by atoms with Crippen molar-refractivity contribution in [1.82, 2.24) is 4.90 Å². The summed E-state index contributed by atoms with van der Waals surface area (Å²) in [5, 5.41) is 9.44. The van der Waals surface area contributed by atoms with Gasteiger partial charge in [-0.15, -0.1) is 10.1 Å². The van der Waals surface area contributed by atoms with Crippen molar-refractivity contribution in [2.45, 2.75) is 38.7 Å². The van der Waals surface area contributed by atoms with Crippen LogP contribution in [0, 0.1) is 10.1 Å². The molecule has 194 valence electrons. The molecule has 0 spiro atoms. The molecule has 0 aliphatic carbocycles. The molecule has 0 saturated carbocycles. The summed E-state index contributed by atoms with van der Waals surface area (Å²) in [4.78, 5) is 42.4. The number of rotatable bonds is 13. The van der Waals surface area contributed by atoms with Crippen LogP contribution in [0.4, 0.5) is 0 Å². The number of esters is 2. The number of morpholine rings is 1. The van der Waals surface area contributed by atoms with E-state index in [0.29, 0.717) is 56.0 Å². The Morgan fingerprint density at radius 2 is 1.83 bits per heavy atom. The second-order valence-electron chi connectivity index (χ2n) is 8.44. The normalized spacial score (nSPS) is 14.6. The van der Waals surface area contributed by atoms with Crippen molar-refractivity contribution in [2.24, 2.45) is 0 Å². The molecule has 1 aliphatic heterocycles. The standard InChI is InChI=1S/C26H32N2O8/c1-2-3-8-24(36-25(29)19-27-14-17-33-18-15-27)22-6-4-5-7-23(22)26(30)35-21-11-9-20(10-12-21)13-16-34-28(31)32/h4-7,9-12,24H,2-3,8,13-19H2,1H3. The van der Waals surface area contributed by atoms with Crippen LogP contribution in [-0.4, -0.2) is 61.4 Å². The average Bonchev–Trinajstić information content (AvgIpc) is 2.88. The fraction of sp³-hybridized carbons (Fsp3) is 0.462. The van der Waals surface area contributed by atoms with Crippen molar-refractivity contribution in [1.29, 1.82) is 0 Å². The van der Waals surface area contributed by atoms with Crippen LogP contribution < -0.4 is 4.74 Å². The maximum Gasteiger partial charge on any atom is 0.343 e. The predicted molar refractivity (Wildman–Crippen MR) is 130 cm³/mol. The molecule has 0 radical (unpaired) electrons. The zero-order chi connectivity index (χ0) is 25.8. The fourth-order valence-corrected chi connectivity index (χ4v) is 3.89. The molecule has 1 atom stereocenters. The topological polar surface area (TPSA) is 117 Å². The lowest BCUT2D eigenvalue weighted by molar-refractivity contribution is -0.757. The van der Waals surface area contributed by atoms with Crippen molar-refractivity contribution < 1.29 is 33.7 Å². The highest BCUT2D eigenvalue weighted by Gasteiger charge is 2.25. The van der Waals surface area contributed by atoms with Crippen molar-refractivity contribution in [3.8, 4) is 5.75 Å². The molecule has 1 saturated heterocycles. The summed E-state index contributed by atoms with van der Waals surface area (Å²) in [6.45, 7) is 4.72. The van der Waals surface area contributed by atoms with Gasteiger partial charge in [0.1, 0.15) is 18.5 Å². The van der Waals surface area contributed by atoms with Gasteiger partial charge in [-0.2, -0.15) is 0 Å². The number of ether oxygens (including phenoxy) is 3. The first-order valence-electron chi connectivity index (χ1n) is 12.1. The predicted octanol–water partition coefficient (Wildman–Crippen LogP) is 3.76. The maximum atomic E-state index is 13.1. The van der Waals surface area contributed by atoms with E-state index >= 15 is 0 Å². The Labute approximate surface area is 210 Å². The summed E-state index contributed by atoms with van der Waals surface area (Å²) in [5.41, 5.74) is 1.75. The van der Waals surface area contributed by atoms with Crippen LogP contribution >= 0.6 is 0 Å². The molecular weight excluding hydrogens is 468 g/mol. The monoisotopic (exact) mass is 500 g/mol. The minimum atomic E-state index is -0.832. The van der Waals surface area contributed by atoms with Gasteiger partial charge in [0.05, 0.1) is 25.3 Å². The zero-order valence-corrected chi connectivity index (χ0v) is 20.4. The summed E-state index contributed by atoms with van der Waals surface area (Å²) in [5.74, 6) is -0.554. The van der Waals surface area contributed by atoms with E-state index < -0.39 is 17.2 Å². The highest BCUT2D eigenvalue weighted by molar-refractivity contribution is 5.93. The zero-order valence-electron chi connectivity index (χ0n) is 20.4. The first-order valence-corrected chi connectivity index (χ1v) is 12.1. The number of unbranched alkanes of at least 4 members (excludes halogenated alkanes) is 1. The van der Waals surface area contributed by atoms with Gasteiger partial charge in [0, 0.05) is 18.7 Å². The number of nitrogens with zero attached hydrogens (tertiary/aromatic N) is 2. The fourth-order valence-electron chi connectivity index (χ4n) is 3.89. The van der Waals surface area contributed by atoms with Crippen LogP contribution in [0.3, 0.4) is 0 Å². The second-order valence-corrected chi connectivity index (χ2v) is 8.44. The molecule has 0 bridgehead atoms. The number of benzene rings is 2. The molecule has 3 rings (SSSR count). The average molecular weight is 501 g/mol. The molecule has 36 heavy (non-hydrogen) atoms. The van der Waals surface area contributed by atoms with Crippen molar-refractivity contribution >= 4 is 11.9 Å². The van der Waals surface area contributed by atoms with Gasteiger partial charge in [0.25, 0.3) is 5.09 Å². The molecule has 0 amide bonds. The molecule has 1 unspecified atom stereocenters. The van der Waals surface area contributed by atoms with Crippen LogP contribution in [0.1, 0.15) is 53.8 Å². The van der Waals surface area contributed by atoms with Gasteiger partial charge < -0.3 is 19.0 Å². The molecule has 2 aromatic carbocycles. The summed E-state index contributed by atoms with van der Waals surface area (Å²) in [6, 6.07) is 13.7. The third-order valence-corrected chi connectivity index (χ3v) is 5.80. The van der Waals surface area contributed by atoms with E-state index in [1.54, 1.807) is 42.5 Å². The smallest absolute Gasteiger partial charge is 0.343 e. The number of hydrogen-bond acceptors (Lipinski definition) is 9. The Bertz CT molecular complexity index is 1010. The summed E-state index contributed by atoms with van der Waals surface area (Å²) < 4.78 is 16.8. The van der Waals surface area contributed by atoms with E-state index in [-0.39, 0.29) is 19.1 Å². The Morgan fingerprint density at radius 1 is 1.11 bits per heavy atom. The highest BCUT2D eigenvalue weighted by atomic mass is 16.9. The molecule has 10 nitrogen and oxygen atoms in total. The van der Waals surface area contributed by atoms with Crippen LogP contribution in [-0.2, 0) is 25.5 Å². The van der Waals surface area contributed by atoms with Crippen LogP contribution in [0.2, 0.25) is 0 Å². The van der Waals surface area contributed by atoms with Crippen molar-refractivity contribution in [2.75, 3.05) is 39.5 Å². The molecule has 1 aliphatic rings. The Balaban J connectivity index is 1.67. The first kappa shape index (κ1) is 27.1. The minimum Gasteiger partial charge on any atom is -0.457 e. The molecule has 2 aromatic rings. The molecule has 0 N–H and O–H groups in total. The van der Waals surface area contributed by atoms with Gasteiger partial charge in [-0.25, -0.2) is 4.79 Å². The third-order valence-electron chi connectivity index (χ3n) is 5.80. The Hall–Kier alpha value is -3.50. The van der Waals surface area contributed by atoms with Crippen LogP contribution in [0.25, 0.3) is 0 Å². The van der Waals surface area contributed by atoms with Crippen LogP contribution in [0.15, 0.2) is 48.5 Å². The minimum absolute atomic E-state index is 0.0527. The molecule has 1 heterocycles. The second kappa shape index (κ2) is 14.2. The van der Waals surface area contributed by atoms with Gasteiger partial charge in [0.15, 0.2) is 0 Å². The van der Waals surface area contributed by atoms with Crippen molar-refractivity contribution in [3.05, 3.63) is 75.3 Å². The van der Waals surface area contributed by atoms with Gasteiger partial charge >= 0.3 is 11.9 Å². The van der Waals surface area contributed by atoms with Crippen molar-refractivity contribution in [3.63, 3.8) is 0 Å². The lowest BCUT2D eigenvalue weighted by atomic mass is 9.98. The number of hydrogen-bond donors (Lipinski definition) is 0. The number of carbonyl (C=O) groups is 2. The third kappa shape index (κ3) is 8.62. The van der Waals surface area contributed by atoms with E-state index in [0.717, 1.165) is 18.4 Å².